The Balaban J connectivity index is 1.87. The minimum atomic E-state index is 0.843. The maximum Gasteiger partial charge on any atom is 0.0849 e. The first kappa shape index (κ1) is 18.7. The summed E-state index contributed by atoms with van der Waals surface area (Å²) in [6, 6.07) is 21.7. The second-order valence-corrected chi connectivity index (χ2v) is 7.59. The van der Waals surface area contributed by atoms with Crippen LogP contribution in [-0.2, 0) is 0 Å². The highest BCUT2D eigenvalue weighted by molar-refractivity contribution is 9.10. The lowest BCUT2D eigenvalue weighted by Crippen LogP contribution is -2.04. The number of hydrogen-bond donors (Lipinski definition) is 0. The zero-order valence-corrected chi connectivity index (χ0v) is 17.6. The van der Waals surface area contributed by atoms with Crippen molar-refractivity contribution in [3.05, 3.63) is 87.1 Å². The summed E-state index contributed by atoms with van der Waals surface area (Å²) in [6.45, 7) is 3.94. The van der Waals surface area contributed by atoms with Crippen LogP contribution >= 0.6 is 31.9 Å². The Morgan fingerprint density at radius 1 is 0.654 bits per heavy atom. The van der Waals surface area contributed by atoms with Crippen molar-refractivity contribution >= 4 is 54.7 Å². The van der Waals surface area contributed by atoms with Crippen molar-refractivity contribution in [3.8, 4) is 0 Å². The number of aromatic nitrogens is 1. The number of halogens is 2. The zero-order valence-electron chi connectivity index (χ0n) is 14.4. The van der Waals surface area contributed by atoms with E-state index in [1.165, 1.54) is 0 Å². The lowest BCUT2D eigenvalue weighted by Gasteiger charge is -2.05. The molecule has 0 saturated heterocycles. The molecule has 0 aliphatic carbocycles. The van der Waals surface area contributed by atoms with Crippen LogP contribution in [0, 0.1) is 0 Å². The molecule has 0 aliphatic heterocycles. The number of hydrogen-bond acceptors (Lipinski definition) is 3. The summed E-state index contributed by atoms with van der Waals surface area (Å²) < 4.78 is 2.07. The van der Waals surface area contributed by atoms with Gasteiger partial charge < -0.3 is 0 Å². The summed E-state index contributed by atoms with van der Waals surface area (Å²) in [6.07, 6.45) is 0. The van der Waals surface area contributed by atoms with Gasteiger partial charge in [0.05, 0.1) is 34.2 Å². The highest BCUT2D eigenvalue weighted by atomic mass is 79.9. The molecule has 0 bridgehead atoms. The van der Waals surface area contributed by atoms with E-state index in [9.17, 15) is 0 Å². The van der Waals surface area contributed by atoms with E-state index in [4.69, 9.17) is 4.98 Å². The fourth-order valence-electron chi connectivity index (χ4n) is 2.37. The molecular weight excluding hydrogens is 454 g/mol. The Labute approximate surface area is 170 Å². The Morgan fingerprint density at radius 2 is 1.04 bits per heavy atom. The van der Waals surface area contributed by atoms with Crippen molar-refractivity contribution < 1.29 is 0 Å². The molecular formula is C21H17Br2N3. The van der Waals surface area contributed by atoms with E-state index in [1.54, 1.807) is 0 Å². The van der Waals surface area contributed by atoms with Gasteiger partial charge in [-0.15, -0.1) is 0 Å². The molecule has 26 heavy (non-hydrogen) atoms. The van der Waals surface area contributed by atoms with E-state index in [-0.39, 0.29) is 0 Å². The second kappa shape index (κ2) is 8.52. The van der Waals surface area contributed by atoms with E-state index >= 15 is 0 Å². The molecule has 0 N–H and O–H groups in total. The molecule has 0 unspecified atom stereocenters. The molecule has 2 aromatic carbocycles. The summed E-state index contributed by atoms with van der Waals surface area (Å²) in [5.41, 5.74) is 5.22. The third-order valence-electron chi connectivity index (χ3n) is 3.74. The van der Waals surface area contributed by atoms with Crippen LogP contribution in [0.25, 0.3) is 0 Å². The molecule has 0 fully saturated rings. The Kier molecular flexibility index (Phi) is 6.12. The molecule has 0 atom stereocenters. The first-order chi connectivity index (χ1) is 12.5. The van der Waals surface area contributed by atoms with Gasteiger partial charge >= 0.3 is 0 Å². The van der Waals surface area contributed by atoms with Crippen molar-refractivity contribution in [2.24, 2.45) is 9.98 Å². The Morgan fingerprint density at radius 3 is 1.42 bits per heavy atom. The Bertz CT molecular complexity index is 883. The highest BCUT2D eigenvalue weighted by Crippen LogP contribution is 2.19. The average molecular weight is 471 g/mol. The predicted octanol–water partition coefficient (Wildman–Crippen LogP) is 6.89. The van der Waals surface area contributed by atoms with Gasteiger partial charge in [0.1, 0.15) is 0 Å². The van der Waals surface area contributed by atoms with Crippen molar-refractivity contribution in [1.29, 1.82) is 0 Å². The van der Waals surface area contributed by atoms with Crippen LogP contribution < -0.4 is 0 Å². The first-order valence-corrected chi connectivity index (χ1v) is 9.69. The van der Waals surface area contributed by atoms with E-state index in [1.807, 2.05) is 80.6 Å². The zero-order chi connectivity index (χ0) is 18.5. The minimum absolute atomic E-state index is 0.843. The van der Waals surface area contributed by atoms with Gasteiger partial charge in [-0.3, -0.25) is 9.98 Å². The fraction of sp³-hybridized carbons (Fsp3) is 0.0952. The average Bonchev–Trinajstić information content (AvgIpc) is 2.65. The summed E-state index contributed by atoms with van der Waals surface area (Å²) >= 11 is 6.87. The Hall–Kier alpha value is -2.11. The largest absolute Gasteiger partial charge is 0.252 e. The van der Waals surface area contributed by atoms with Crippen molar-refractivity contribution in [1.82, 2.24) is 4.98 Å². The van der Waals surface area contributed by atoms with E-state index < -0.39 is 0 Å². The van der Waals surface area contributed by atoms with Crippen LogP contribution in [0.4, 0.5) is 11.4 Å². The summed E-state index contributed by atoms with van der Waals surface area (Å²) in [4.78, 5) is 14.0. The minimum Gasteiger partial charge on any atom is -0.252 e. The molecule has 3 rings (SSSR count). The normalized spacial score (nSPS) is 12.3. The highest BCUT2D eigenvalue weighted by Gasteiger charge is 2.05. The summed E-state index contributed by atoms with van der Waals surface area (Å²) in [5, 5.41) is 0. The van der Waals surface area contributed by atoms with Crippen LogP contribution in [0.2, 0.25) is 0 Å². The smallest absolute Gasteiger partial charge is 0.0849 e. The number of rotatable bonds is 4. The second-order valence-electron chi connectivity index (χ2n) is 5.76. The van der Waals surface area contributed by atoms with Crippen molar-refractivity contribution in [3.63, 3.8) is 0 Å². The van der Waals surface area contributed by atoms with Crippen molar-refractivity contribution in [2.75, 3.05) is 0 Å². The van der Waals surface area contributed by atoms with Crippen LogP contribution in [0.3, 0.4) is 0 Å². The molecule has 0 radical (unpaired) electrons. The van der Waals surface area contributed by atoms with Gasteiger partial charge in [-0.25, -0.2) is 4.98 Å². The molecule has 0 saturated carbocycles. The van der Waals surface area contributed by atoms with Gasteiger partial charge in [0.2, 0.25) is 0 Å². The van der Waals surface area contributed by atoms with Crippen LogP contribution in [0.1, 0.15) is 25.2 Å². The molecule has 1 aromatic heterocycles. The molecule has 5 heteroatoms. The quantitative estimate of drug-likeness (QED) is 0.382. The van der Waals surface area contributed by atoms with Gasteiger partial charge in [0.15, 0.2) is 0 Å². The molecule has 0 amide bonds. The van der Waals surface area contributed by atoms with Crippen LogP contribution in [0.15, 0.2) is 85.7 Å². The fourth-order valence-corrected chi connectivity index (χ4v) is 2.90. The molecule has 3 aromatic rings. The third-order valence-corrected chi connectivity index (χ3v) is 4.79. The maximum atomic E-state index is 4.72. The van der Waals surface area contributed by atoms with Crippen molar-refractivity contribution in [2.45, 2.75) is 13.8 Å². The lowest BCUT2D eigenvalue weighted by atomic mass is 10.2. The van der Waals surface area contributed by atoms with E-state index in [2.05, 4.69) is 41.8 Å². The third kappa shape index (κ3) is 4.96. The molecule has 130 valence electrons. The van der Waals surface area contributed by atoms with Gasteiger partial charge in [0.25, 0.3) is 0 Å². The molecule has 3 nitrogen and oxygen atoms in total. The van der Waals surface area contributed by atoms with Crippen LogP contribution in [0.5, 0.6) is 0 Å². The number of aliphatic imine (C=N–C) groups is 2. The van der Waals surface area contributed by atoms with Gasteiger partial charge in [-0.2, -0.15) is 0 Å². The maximum absolute atomic E-state index is 4.72. The number of nitrogens with zero attached hydrogens (tertiary/aromatic N) is 3. The summed E-state index contributed by atoms with van der Waals surface area (Å²) in [7, 11) is 0. The van der Waals surface area contributed by atoms with E-state index in [0.29, 0.717) is 0 Å². The predicted molar refractivity (Wildman–Crippen MR) is 116 cm³/mol. The monoisotopic (exact) mass is 469 g/mol. The first-order valence-electron chi connectivity index (χ1n) is 8.11. The van der Waals surface area contributed by atoms with Crippen LogP contribution in [-0.4, -0.2) is 16.4 Å². The summed E-state index contributed by atoms with van der Waals surface area (Å²) in [5.74, 6) is 0. The molecule has 0 spiro atoms. The lowest BCUT2D eigenvalue weighted by molar-refractivity contribution is 1.24. The van der Waals surface area contributed by atoms with Gasteiger partial charge in [-0.1, -0.05) is 37.9 Å². The van der Waals surface area contributed by atoms with Gasteiger partial charge in [-0.05, 0) is 74.5 Å². The molecule has 1 heterocycles. The number of benzene rings is 2. The van der Waals surface area contributed by atoms with E-state index in [0.717, 1.165) is 43.1 Å². The molecule has 0 aliphatic rings. The topological polar surface area (TPSA) is 37.6 Å². The number of pyridine rings is 1. The van der Waals surface area contributed by atoms with Gasteiger partial charge in [0, 0.05) is 8.95 Å². The standard InChI is InChI=1S/C21H17Br2N3/c1-14(24-18-10-6-16(22)7-11-18)20-4-3-5-21(26-20)15(2)25-19-12-8-17(23)9-13-19/h3-13H,1-2H3/b24-14+,25-15+. The SMILES string of the molecule is C/C(=N\c1ccc(Br)cc1)c1cccc(/C(C)=N/c2ccc(Br)cc2)n1.